The lowest BCUT2D eigenvalue weighted by Gasteiger charge is -2.29. The minimum atomic E-state index is -0.692. The number of ketones is 1. The molecule has 4 rings (SSSR count). The second-order valence-electron chi connectivity index (χ2n) is 6.80. The zero-order valence-electron chi connectivity index (χ0n) is 16.0. The smallest absolute Gasteiger partial charge is 0.336 e. The van der Waals surface area contributed by atoms with Gasteiger partial charge in [-0.2, -0.15) is 0 Å². The monoisotopic (exact) mass is 455 g/mol. The van der Waals surface area contributed by atoms with Crippen LogP contribution in [0.15, 0.2) is 57.7 Å². The van der Waals surface area contributed by atoms with Crippen LogP contribution in [0.2, 0.25) is 0 Å². The van der Waals surface area contributed by atoms with Gasteiger partial charge in [-0.1, -0.05) is 40.2 Å². The second-order valence-corrected chi connectivity index (χ2v) is 7.65. The van der Waals surface area contributed by atoms with Crippen LogP contribution in [-0.2, 0) is 9.53 Å². The van der Waals surface area contributed by atoms with Gasteiger partial charge in [0.25, 0.3) is 0 Å². The predicted octanol–water partition coefficient (Wildman–Crippen LogP) is 3.90. The Balaban J connectivity index is 2.01. The van der Waals surface area contributed by atoms with E-state index < -0.39 is 11.9 Å². The molecule has 0 unspecified atom stereocenters. The fourth-order valence-electron chi connectivity index (χ4n) is 3.96. The van der Waals surface area contributed by atoms with Crippen LogP contribution in [0, 0.1) is 0 Å². The Bertz CT molecular complexity index is 1130. The van der Waals surface area contributed by atoms with Gasteiger partial charge in [-0.25, -0.2) is 4.79 Å². The lowest BCUT2D eigenvalue weighted by atomic mass is 9.79. The van der Waals surface area contributed by atoms with Crippen LogP contribution >= 0.6 is 15.9 Å². The number of fused-ring (bicyclic) bond motifs is 2. The van der Waals surface area contributed by atoms with Gasteiger partial charge in [-0.05, 0) is 24.6 Å². The molecule has 7 heteroatoms. The van der Waals surface area contributed by atoms with Crippen molar-refractivity contribution in [2.75, 3.05) is 14.2 Å². The molecule has 148 valence electrons. The van der Waals surface area contributed by atoms with E-state index in [-0.39, 0.29) is 17.3 Å². The van der Waals surface area contributed by atoms with Crippen LogP contribution < -0.4 is 10.1 Å². The van der Waals surface area contributed by atoms with E-state index in [9.17, 15) is 14.7 Å². The third-order valence-corrected chi connectivity index (χ3v) is 5.95. The van der Waals surface area contributed by atoms with E-state index in [1.54, 1.807) is 19.1 Å². The van der Waals surface area contributed by atoms with Gasteiger partial charge in [-0.3, -0.25) is 4.79 Å². The number of nitrogens with one attached hydrogen (secondary N) is 1. The molecule has 1 aliphatic heterocycles. The molecule has 0 aromatic heterocycles. The summed E-state index contributed by atoms with van der Waals surface area (Å²) in [7, 11) is 2.75. The summed E-state index contributed by atoms with van der Waals surface area (Å²) in [6.07, 6.45) is 0. The molecule has 2 aromatic carbocycles. The quantitative estimate of drug-likeness (QED) is 0.682. The van der Waals surface area contributed by atoms with Crippen LogP contribution in [0.5, 0.6) is 11.5 Å². The molecule has 2 aromatic rings. The Hall–Kier alpha value is -3.06. The van der Waals surface area contributed by atoms with Gasteiger partial charge in [0.15, 0.2) is 17.3 Å². The molecule has 0 amide bonds. The van der Waals surface area contributed by atoms with E-state index in [0.29, 0.717) is 38.1 Å². The molecule has 1 aliphatic carbocycles. The van der Waals surface area contributed by atoms with Gasteiger partial charge in [-0.15, -0.1) is 0 Å². The molecule has 29 heavy (non-hydrogen) atoms. The van der Waals surface area contributed by atoms with Crippen molar-refractivity contribution in [1.29, 1.82) is 0 Å². The molecular weight excluding hydrogens is 438 g/mol. The number of Topliss-reactive ketones (excluding diaryl/α,β-unsaturated/α-hetero) is 1. The number of ether oxygens (including phenoxy) is 2. The first-order valence-corrected chi connectivity index (χ1v) is 9.69. The van der Waals surface area contributed by atoms with Crippen LogP contribution in [-0.4, -0.2) is 31.1 Å². The highest BCUT2D eigenvalue weighted by Gasteiger charge is 2.43. The average Bonchev–Trinajstić information content (AvgIpc) is 2.99. The molecule has 0 spiro atoms. The van der Waals surface area contributed by atoms with Crippen LogP contribution in [0.1, 0.15) is 34.3 Å². The van der Waals surface area contributed by atoms with Crippen LogP contribution in [0.3, 0.4) is 0 Å². The van der Waals surface area contributed by atoms with Crippen molar-refractivity contribution in [3.63, 3.8) is 0 Å². The first-order chi connectivity index (χ1) is 13.9. The van der Waals surface area contributed by atoms with Crippen molar-refractivity contribution in [1.82, 2.24) is 5.32 Å². The van der Waals surface area contributed by atoms with Crippen molar-refractivity contribution < 1.29 is 24.2 Å². The van der Waals surface area contributed by atoms with E-state index >= 15 is 0 Å². The van der Waals surface area contributed by atoms with Crippen molar-refractivity contribution >= 4 is 33.4 Å². The van der Waals surface area contributed by atoms with E-state index in [2.05, 4.69) is 21.2 Å². The van der Waals surface area contributed by atoms with Crippen LogP contribution in [0.25, 0.3) is 5.70 Å². The zero-order chi connectivity index (χ0) is 20.9. The summed E-state index contributed by atoms with van der Waals surface area (Å²) in [6, 6.07) is 10.5. The number of benzene rings is 2. The van der Waals surface area contributed by atoms with Crippen molar-refractivity contribution in [2.45, 2.75) is 12.8 Å². The van der Waals surface area contributed by atoms with Crippen molar-refractivity contribution in [2.24, 2.45) is 0 Å². The molecule has 1 atom stereocenters. The largest absolute Gasteiger partial charge is 0.504 e. The summed E-state index contributed by atoms with van der Waals surface area (Å²) >= 11 is 3.47. The van der Waals surface area contributed by atoms with Gasteiger partial charge in [0.1, 0.15) is 0 Å². The normalized spacial score (nSPS) is 17.7. The Kier molecular flexibility index (Phi) is 4.70. The lowest BCUT2D eigenvalue weighted by Crippen LogP contribution is -2.29. The van der Waals surface area contributed by atoms with Gasteiger partial charge in [0.05, 0.1) is 31.4 Å². The van der Waals surface area contributed by atoms with Gasteiger partial charge in [0.2, 0.25) is 0 Å². The Morgan fingerprint density at radius 3 is 2.52 bits per heavy atom. The van der Waals surface area contributed by atoms with Crippen molar-refractivity contribution in [3.8, 4) is 11.5 Å². The molecule has 0 fully saturated rings. The lowest BCUT2D eigenvalue weighted by molar-refractivity contribution is -0.136. The molecular formula is C22H18BrNO5. The van der Waals surface area contributed by atoms with E-state index in [1.165, 1.54) is 20.3 Å². The number of dihydropyridines is 1. The minimum absolute atomic E-state index is 0.0485. The number of allylic oxidation sites excluding steroid dienone is 2. The van der Waals surface area contributed by atoms with E-state index in [0.717, 1.165) is 5.56 Å². The van der Waals surface area contributed by atoms with E-state index in [1.807, 2.05) is 18.2 Å². The van der Waals surface area contributed by atoms with Gasteiger partial charge in [0, 0.05) is 26.9 Å². The number of rotatable bonds is 3. The number of phenols is 1. The second kappa shape index (κ2) is 7.08. The Morgan fingerprint density at radius 1 is 1.17 bits per heavy atom. The number of hydrogen-bond donors (Lipinski definition) is 2. The number of methoxy groups -OCH3 is 2. The summed E-state index contributed by atoms with van der Waals surface area (Å²) in [5.74, 6) is -1.18. The number of esters is 1. The van der Waals surface area contributed by atoms with E-state index in [4.69, 9.17) is 9.47 Å². The maximum atomic E-state index is 13.3. The fraction of sp³-hybridized carbons (Fsp3) is 0.182. The molecule has 2 N–H and O–H groups in total. The molecule has 6 nitrogen and oxygen atoms in total. The minimum Gasteiger partial charge on any atom is -0.504 e. The van der Waals surface area contributed by atoms with Gasteiger partial charge >= 0.3 is 5.97 Å². The summed E-state index contributed by atoms with van der Waals surface area (Å²) in [4.78, 5) is 26.1. The molecule has 2 aliphatic rings. The first-order valence-electron chi connectivity index (χ1n) is 8.89. The SMILES string of the molecule is COC(=O)C1=C(C)NC2=C(C(=O)c3ccccc32)[C@@H]1c1cc(OC)c(O)cc1Br. The topological polar surface area (TPSA) is 84.9 Å². The highest BCUT2D eigenvalue weighted by Crippen LogP contribution is 2.49. The first kappa shape index (κ1) is 19.3. The maximum Gasteiger partial charge on any atom is 0.336 e. The highest BCUT2D eigenvalue weighted by atomic mass is 79.9. The third-order valence-electron chi connectivity index (χ3n) is 5.26. The highest BCUT2D eigenvalue weighted by molar-refractivity contribution is 9.10. The molecule has 0 radical (unpaired) electrons. The average molecular weight is 456 g/mol. The molecule has 1 heterocycles. The number of carbonyl (C=O) groups excluding carboxylic acids is 2. The standard InChI is InChI=1S/C22H18BrNO5/c1-10-17(22(27)29-3)18(13-8-16(28-2)15(25)9-14(13)23)19-20(24-10)11-6-4-5-7-12(11)21(19)26/h4-9,18,24-25H,1-3H3/t18-/m1/s1. The van der Waals surface area contributed by atoms with Crippen molar-refractivity contribution in [3.05, 3.63) is 74.4 Å². The molecule has 0 bridgehead atoms. The van der Waals surface area contributed by atoms with Gasteiger partial charge < -0.3 is 19.9 Å². The Labute approximate surface area is 176 Å². The molecule has 0 saturated carbocycles. The number of carbonyl (C=O) groups is 2. The summed E-state index contributed by atoms with van der Waals surface area (Å²) in [5.41, 5.74) is 4.07. The number of halogens is 1. The third kappa shape index (κ3) is 2.84. The summed E-state index contributed by atoms with van der Waals surface area (Å²) in [6.45, 7) is 1.78. The number of phenolic OH excluding ortho intramolecular Hbond substituents is 1. The Morgan fingerprint density at radius 2 is 1.86 bits per heavy atom. The summed E-state index contributed by atoms with van der Waals surface area (Å²) in [5, 5.41) is 13.3. The summed E-state index contributed by atoms with van der Waals surface area (Å²) < 4.78 is 10.8. The predicted molar refractivity (Wildman–Crippen MR) is 111 cm³/mol. The fourth-order valence-corrected chi connectivity index (χ4v) is 4.52. The van der Waals surface area contributed by atoms with Crippen LogP contribution in [0.4, 0.5) is 0 Å². The number of hydrogen-bond acceptors (Lipinski definition) is 6. The zero-order valence-corrected chi connectivity index (χ0v) is 17.6. The number of aromatic hydroxyl groups is 1. The maximum absolute atomic E-state index is 13.3. The molecule has 0 saturated heterocycles.